The Morgan fingerprint density at radius 3 is 2.82 bits per heavy atom. The van der Waals surface area contributed by atoms with Crippen LogP contribution in [0, 0.1) is 0 Å². The Labute approximate surface area is 158 Å². The number of thioether (sulfide) groups is 1. The van der Waals surface area contributed by atoms with Crippen molar-refractivity contribution in [1.82, 2.24) is 10.6 Å². The summed E-state index contributed by atoms with van der Waals surface area (Å²) in [5.74, 6) is 2.51. The van der Waals surface area contributed by atoms with E-state index < -0.39 is 5.60 Å². The average molecular weight is 456 g/mol. The molecule has 0 spiro atoms. The number of hydrogen-bond donors (Lipinski definition) is 3. The van der Waals surface area contributed by atoms with Crippen molar-refractivity contribution in [2.45, 2.75) is 25.5 Å². The maximum absolute atomic E-state index is 10.4. The normalized spacial score (nSPS) is 21.3. The number of hydrogen-bond acceptors (Lipinski definition) is 3. The third-order valence-corrected chi connectivity index (χ3v) is 4.98. The van der Waals surface area contributed by atoms with Crippen molar-refractivity contribution < 1.29 is 5.11 Å². The average Bonchev–Trinajstić information content (AvgIpc) is 2.91. The van der Waals surface area contributed by atoms with E-state index in [0.29, 0.717) is 19.0 Å². The second-order valence-electron chi connectivity index (χ2n) is 5.17. The molecular weight excluding hydrogens is 433 g/mol. The van der Waals surface area contributed by atoms with Gasteiger partial charge in [-0.05, 0) is 30.7 Å². The molecule has 1 heterocycles. The van der Waals surface area contributed by atoms with E-state index in [1.54, 1.807) is 11.8 Å². The highest BCUT2D eigenvalue weighted by atomic mass is 127. The van der Waals surface area contributed by atoms with Gasteiger partial charge in [0.05, 0.1) is 12.1 Å². The molecule has 0 aliphatic carbocycles. The molecule has 0 bridgehead atoms. The predicted molar refractivity (Wildman–Crippen MR) is 107 cm³/mol. The number of nitrogens with zero attached hydrogens (tertiary/aromatic N) is 1. The van der Waals surface area contributed by atoms with Crippen LogP contribution in [0.15, 0.2) is 29.3 Å². The molecule has 1 aromatic rings. The lowest BCUT2D eigenvalue weighted by Crippen LogP contribution is -2.47. The summed E-state index contributed by atoms with van der Waals surface area (Å²) in [5.41, 5.74) is 0.372. The summed E-state index contributed by atoms with van der Waals surface area (Å²) in [4.78, 5) is 4.53. The summed E-state index contributed by atoms with van der Waals surface area (Å²) in [6.07, 6.45) is 0.828. The van der Waals surface area contributed by atoms with Gasteiger partial charge < -0.3 is 15.7 Å². The molecule has 1 saturated heterocycles. The van der Waals surface area contributed by atoms with Gasteiger partial charge in [0.25, 0.3) is 0 Å². The molecule has 1 atom stereocenters. The van der Waals surface area contributed by atoms with Gasteiger partial charge >= 0.3 is 0 Å². The van der Waals surface area contributed by atoms with Crippen molar-refractivity contribution in [1.29, 1.82) is 0 Å². The van der Waals surface area contributed by atoms with Crippen LogP contribution in [0.25, 0.3) is 0 Å². The highest BCUT2D eigenvalue weighted by Crippen LogP contribution is 2.26. The molecule has 3 N–H and O–H groups in total. The maximum atomic E-state index is 10.4. The highest BCUT2D eigenvalue weighted by Gasteiger charge is 2.31. The highest BCUT2D eigenvalue weighted by molar-refractivity contribution is 14.0. The minimum absolute atomic E-state index is 0. The first kappa shape index (κ1) is 19.9. The smallest absolute Gasteiger partial charge is 0.191 e. The van der Waals surface area contributed by atoms with Crippen molar-refractivity contribution in [2.24, 2.45) is 4.99 Å². The van der Waals surface area contributed by atoms with Gasteiger partial charge in [-0.15, -0.1) is 24.0 Å². The van der Waals surface area contributed by atoms with E-state index in [4.69, 9.17) is 11.6 Å². The second-order valence-corrected chi connectivity index (χ2v) is 6.68. The number of halogens is 2. The number of aliphatic imine (C=N–C) groups is 1. The zero-order chi connectivity index (χ0) is 15.1. The van der Waals surface area contributed by atoms with Crippen molar-refractivity contribution in [3.8, 4) is 0 Å². The Kier molecular flexibility index (Phi) is 8.89. The molecule has 7 heteroatoms. The van der Waals surface area contributed by atoms with E-state index in [1.165, 1.54) is 0 Å². The molecule has 1 aliphatic heterocycles. The lowest BCUT2D eigenvalue weighted by Gasteiger charge is -2.23. The minimum Gasteiger partial charge on any atom is -0.387 e. The summed E-state index contributed by atoms with van der Waals surface area (Å²) in [7, 11) is 0. The van der Waals surface area contributed by atoms with Gasteiger partial charge in [0.1, 0.15) is 0 Å². The standard InChI is InChI=1S/C15H22ClN3OS.HI/c1-2-17-14(19-10-15(20)7-8-21-11-15)18-9-12-5-3-4-6-13(12)16;/h3-6,20H,2,7-11H2,1H3,(H2,17,18,19);1H. The zero-order valence-electron chi connectivity index (χ0n) is 12.6. The molecule has 0 saturated carbocycles. The Morgan fingerprint density at radius 1 is 1.41 bits per heavy atom. The molecule has 2 rings (SSSR count). The second kappa shape index (κ2) is 9.85. The molecule has 4 nitrogen and oxygen atoms in total. The largest absolute Gasteiger partial charge is 0.387 e. The van der Waals surface area contributed by atoms with Crippen LogP contribution >= 0.6 is 47.3 Å². The van der Waals surface area contributed by atoms with Crippen molar-refractivity contribution in [3.63, 3.8) is 0 Å². The monoisotopic (exact) mass is 455 g/mol. The van der Waals surface area contributed by atoms with E-state index in [2.05, 4.69) is 15.6 Å². The quantitative estimate of drug-likeness (QED) is 0.363. The fourth-order valence-electron chi connectivity index (χ4n) is 2.12. The molecule has 0 amide bonds. The van der Waals surface area contributed by atoms with Gasteiger partial charge in [-0.25, -0.2) is 4.99 Å². The lowest BCUT2D eigenvalue weighted by molar-refractivity contribution is 0.0724. The van der Waals surface area contributed by atoms with Gasteiger partial charge in [-0.1, -0.05) is 29.8 Å². The fourth-order valence-corrected chi connectivity index (χ4v) is 3.61. The van der Waals surface area contributed by atoms with Gasteiger partial charge in [0.2, 0.25) is 0 Å². The Hall–Kier alpha value is -0.180. The van der Waals surface area contributed by atoms with Crippen LogP contribution < -0.4 is 10.6 Å². The first-order chi connectivity index (χ1) is 10.1. The number of nitrogens with one attached hydrogen (secondary N) is 2. The molecule has 1 unspecified atom stereocenters. The molecule has 0 aromatic heterocycles. The lowest BCUT2D eigenvalue weighted by atomic mass is 10.0. The third kappa shape index (κ3) is 6.14. The number of benzene rings is 1. The van der Waals surface area contributed by atoms with Crippen LogP contribution in [-0.4, -0.2) is 41.3 Å². The first-order valence-corrected chi connectivity index (χ1v) is 8.72. The minimum atomic E-state index is -0.620. The Balaban J connectivity index is 0.00000242. The molecule has 0 radical (unpaired) electrons. The van der Waals surface area contributed by atoms with Crippen LogP contribution in [0.4, 0.5) is 0 Å². The molecule has 124 valence electrons. The van der Waals surface area contributed by atoms with Crippen LogP contribution in [-0.2, 0) is 6.54 Å². The number of guanidine groups is 1. The fraction of sp³-hybridized carbons (Fsp3) is 0.533. The summed E-state index contributed by atoms with van der Waals surface area (Å²) in [6.45, 7) is 3.84. The summed E-state index contributed by atoms with van der Waals surface area (Å²) < 4.78 is 0. The summed E-state index contributed by atoms with van der Waals surface area (Å²) in [5, 5.41) is 17.5. The van der Waals surface area contributed by atoms with Crippen molar-refractivity contribution in [2.75, 3.05) is 24.6 Å². The molecule has 1 aliphatic rings. The number of aliphatic hydroxyl groups is 1. The van der Waals surface area contributed by atoms with E-state index in [-0.39, 0.29) is 24.0 Å². The van der Waals surface area contributed by atoms with E-state index in [9.17, 15) is 5.11 Å². The molecule has 22 heavy (non-hydrogen) atoms. The molecule has 1 aromatic carbocycles. The number of rotatable bonds is 5. The van der Waals surface area contributed by atoms with Crippen molar-refractivity contribution in [3.05, 3.63) is 34.9 Å². The van der Waals surface area contributed by atoms with E-state index in [1.807, 2.05) is 31.2 Å². The topological polar surface area (TPSA) is 56.7 Å². The zero-order valence-corrected chi connectivity index (χ0v) is 16.5. The molecular formula is C15H23ClIN3OS. The maximum Gasteiger partial charge on any atom is 0.191 e. The van der Waals surface area contributed by atoms with E-state index >= 15 is 0 Å². The van der Waals surface area contributed by atoms with Gasteiger partial charge in [0, 0.05) is 23.9 Å². The Bertz CT molecular complexity index is 495. The van der Waals surface area contributed by atoms with Crippen LogP contribution in [0.1, 0.15) is 18.9 Å². The summed E-state index contributed by atoms with van der Waals surface area (Å²) >= 11 is 7.93. The van der Waals surface area contributed by atoms with Crippen LogP contribution in [0.3, 0.4) is 0 Å². The summed E-state index contributed by atoms with van der Waals surface area (Å²) in [6, 6.07) is 7.70. The Morgan fingerprint density at radius 2 is 2.18 bits per heavy atom. The third-order valence-electron chi connectivity index (χ3n) is 3.38. The van der Waals surface area contributed by atoms with Gasteiger partial charge in [0.15, 0.2) is 5.96 Å². The van der Waals surface area contributed by atoms with E-state index in [0.717, 1.165) is 35.1 Å². The van der Waals surface area contributed by atoms with Crippen LogP contribution in [0.2, 0.25) is 5.02 Å². The predicted octanol–water partition coefficient (Wildman–Crippen LogP) is 2.88. The van der Waals surface area contributed by atoms with Gasteiger partial charge in [-0.3, -0.25) is 0 Å². The molecule has 1 fully saturated rings. The van der Waals surface area contributed by atoms with Crippen LogP contribution in [0.5, 0.6) is 0 Å². The van der Waals surface area contributed by atoms with Crippen molar-refractivity contribution >= 4 is 53.3 Å². The first-order valence-electron chi connectivity index (χ1n) is 7.19. The SMILES string of the molecule is CCNC(=NCc1ccccc1Cl)NCC1(O)CCSC1.I. The van der Waals surface area contributed by atoms with Gasteiger partial charge in [-0.2, -0.15) is 11.8 Å².